The van der Waals surface area contributed by atoms with Crippen LogP contribution in [0.3, 0.4) is 0 Å². The molecule has 2 heterocycles. The van der Waals surface area contributed by atoms with Crippen molar-refractivity contribution >= 4 is 23.1 Å². The van der Waals surface area contributed by atoms with Gasteiger partial charge in [0, 0.05) is 37.3 Å². The van der Waals surface area contributed by atoms with Gasteiger partial charge in [-0.1, -0.05) is 12.1 Å². The van der Waals surface area contributed by atoms with Crippen LogP contribution in [0.1, 0.15) is 26.3 Å². The number of aromatic nitrogens is 2. The highest BCUT2D eigenvalue weighted by Gasteiger charge is 2.12. The van der Waals surface area contributed by atoms with E-state index in [2.05, 4.69) is 55.1 Å². The molecule has 166 valence electrons. The zero-order valence-corrected chi connectivity index (χ0v) is 18.8. The average Bonchev–Trinajstić information content (AvgIpc) is 3.16. The van der Waals surface area contributed by atoms with E-state index < -0.39 is 0 Å². The highest BCUT2D eigenvalue weighted by molar-refractivity contribution is 5.82. The Morgan fingerprint density at radius 3 is 2.39 bits per heavy atom. The molecular formula is C24H32N4O3. The monoisotopic (exact) mass is 424 g/mol. The van der Waals surface area contributed by atoms with Gasteiger partial charge < -0.3 is 19.7 Å². The molecule has 2 aromatic carbocycles. The Hall–Kier alpha value is -3.06. The normalized spacial score (nSPS) is 14.0. The number of benzene rings is 2. The molecule has 1 aliphatic rings. The van der Waals surface area contributed by atoms with Crippen LogP contribution in [-0.4, -0.2) is 55.1 Å². The van der Waals surface area contributed by atoms with E-state index in [1.165, 1.54) is 22.2 Å². The second-order valence-electron chi connectivity index (χ2n) is 8.46. The maximum Gasteiger partial charge on any atom is 0.293 e. The molecule has 1 aliphatic heterocycles. The number of fused-ring (bicyclic) bond motifs is 1. The van der Waals surface area contributed by atoms with Gasteiger partial charge in [-0.05, 0) is 56.7 Å². The quantitative estimate of drug-likeness (QED) is 0.633. The summed E-state index contributed by atoms with van der Waals surface area (Å²) in [5.74, 6) is 0.880. The molecule has 7 nitrogen and oxygen atoms in total. The van der Waals surface area contributed by atoms with Gasteiger partial charge in [0.05, 0.1) is 25.4 Å². The van der Waals surface area contributed by atoms with Crippen molar-refractivity contribution in [3.8, 4) is 5.75 Å². The summed E-state index contributed by atoms with van der Waals surface area (Å²) < 4.78 is 11.8. The van der Waals surface area contributed by atoms with Crippen molar-refractivity contribution in [2.24, 2.45) is 0 Å². The van der Waals surface area contributed by atoms with E-state index in [0.29, 0.717) is 6.47 Å². The molecule has 1 N–H and O–H groups in total. The van der Waals surface area contributed by atoms with Gasteiger partial charge in [0.2, 0.25) is 0 Å². The Balaban J connectivity index is 0.000000339. The molecule has 3 aromatic rings. The molecule has 1 fully saturated rings. The van der Waals surface area contributed by atoms with Crippen molar-refractivity contribution in [1.29, 1.82) is 0 Å². The third-order valence-electron chi connectivity index (χ3n) is 5.00. The molecule has 0 amide bonds. The number of hydrogen-bond acceptors (Lipinski definition) is 6. The maximum atomic E-state index is 9.60. The number of nitrogens with zero attached hydrogens (tertiary/aromatic N) is 3. The molecule has 0 bridgehead atoms. The second kappa shape index (κ2) is 10.3. The third kappa shape index (κ3) is 6.46. The standard InChI is InChI=1S/C19H22N4O.C5H10O2/c1-24-18-6-2-15(3-7-18)14-23-19-12-17(5-4-16(19)13-21-23)22-10-8-20-9-11-22;1-5(2,3)7-4-6/h2-7,12-13,20H,8-11,14H2,1H3;4H,1-3H3. The van der Waals surface area contributed by atoms with Gasteiger partial charge in [-0.25, -0.2) is 0 Å². The summed E-state index contributed by atoms with van der Waals surface area (Å²) in [6, 6.07) is 14.8. The number of carbonyl (C=O) groups is 1. The smallest absolute Gasteiger partial charge is 0.293 e. The van der Waals surface area contributed by atoms with Crippen LogP contribution in [0.15, 0.2) is 48.7 Å². The largest absolute Gasteiger partial charge is 0.497 e. The van der Waals surface area contributed by atoms with Crippen LogP contribution in [0.2, 0.25) is 0 Å². The van der Waals surface area contributed by atoms with E-state index in [0.717, 1.165) is 38.5 Å². The minimum Gasteiger partial charge on any atom is -0.497 e. The molecule has 31 heavy (non-hydrogen) atoms. The molecule has 7 heteroatoms. The molecule has 0 saturated carbocycles. The van der Waals surface area contributed by atoms with Crippen molar-refractivity contribution in [3.63, 3.8) is 0 Å². The summed E-state index contributed by atoms with van der Waals surface area (Å²) in [6.07, 6.45) is 1.94. The van der Waals surface area contributed by atoms with Crippen LogP contribution in [0.25, 0.3) is 10.9 Å². The molecule has 0 unspecified atom stereocenters. The molecule has 4 rings (SSSR count). The fourth-order valence-corrected chi connectivity index (χ4v) is 3.35. The van der Waals surface area contributed by atoms with Gasteiger partial charge in [-0.3, -0.25) is 9.48 Å². The van der Waals surface area contributed by atoms with Crippen LogP contribution < -0.4 is 15.0 Å². The number of piperazine rings is 1. The second-order valence-corrected chi connectivity index (χ2v) is 8.46. The van der Waals surface area contributed by atoms with Crippen LogP contribution in [0.5, 0.6) is 5.75 Å². The van der Waals surface area contributed by atoms with E-state index in [-0.39, 0.29) is 5.60 Å². The first-order valence-corrected chi connectivity index (χ1v) is 10.6. The summed E-state index contributed by atoms with van der Waals surface area (Å²) >= 11 is 0. The molecule has 0 spiro atoms. The van der Waals surface area contributed by atoms with Crippen LogP contribution >= 0.6 is 0 Å². The molecule has 0 atom stereocenters. The minimum absolute atomic E-state index is 0.318. The Labute approximate surface area is 183 Å². The Kier molecular flexibility index (Phi) is 7.52. The lowest BCUT2D eigenvalue weighted by Crippen LogP contribution is -2.43. The highest BCUT2D eigenvalue weighted by atomic mass is 16.5. The predicted molar refractivity (Wildman–Crippen MR) is 124 cm³/mol. The molecular weight excluding hydrogens is 392 g/mol. The molecule has 1 saturated heterocycles. The van der Waals surface area contributed by atoms with Crippen molar-refractivity contribution in [2.75, 3.05) is 38.2 Å². The summed E-state index contributed by atoms with van der Waals surface area (Å²) in [5, 5.41) is 9.16. The van der Waals surface area contributed by atoms with Gasteiger partial charge in [0.15, 0.2) is 0 Å². The lowest BCUT2D eigenvalue weighted by Gasteiger charge is -2.29. The number of rotatable bonds is 5. The van der Waals surface area contributed by atoms with Gasteiger partial charge >= 0.3 is 0 Å². The lowest BCUT2D eigenvalue weighted by atomic mass is 10.2. The number of carbonyl (C=O) groups excluding carboxylic acids is 1. The number of ether oxygens (including phenoxy) is 2. The van der Waals surface area contributed by atoms with Crippen LogP contribution in [-0.2, 0) is 16.1 Å². The number of methoxy groups -OCH3 is 1. The van der Waals surface area contributed by atoms with E-state index in [1.807, 2.05) is 39.1 Å². The lowest BCUT2D eigenvalue weighted by molar-refractivity contribution is -0.138. The first kappa shape index (κ1) is 22.6. The summed E-state index contributed by atoms with van der Waals surface area (Å²) in [4.78, 5) is 12.0. The van der Waals surface area contributed by atoms with E-state index in [9.17, 15) is 4.79 Å². The SMILES string of the molecule is CC(C)(C)OC=O.COc1ccc(Cn2ncc3ccc(N4CCNCC4)cc32)cc1. The van der Waals surface area contributed by atoms with Gasteiger partial charge in [-0.2, -0.15) is 5.10 Å². The fraction of sp³-hybridized carbons (Fsp3) is 0.417. The topological polar surface area (TPSA) is 68.6 Å². The number of hydrogen-bond donors (Lipinski definition) is 1. The number of nitrogens with one attached hydrogen (secondary N) is 1. The third-order valence-corrected chi connectivity index (χ3v) is 5.00. The van der Waals surface area contributed by atoms with Gasteiger partial charge in [0.1, 0.15) is 11.4 Å². The van der Waals surface area contributed by atoms with Crippen LogP contribution in [0, 0.1) is 0 Å². The number of anilines is 1. The molecule has 0 radical (unpaired) electrons. The Morgan fingerprint density at radius 2 is 1.81 bits per heavy atom. The Bertz CT molecular complexity index is 971. The fourth-order valence-electron chi connectivity index (χ4n) is 3.35. The van der Waals surface area contributed by atoms with Crippen molar-refractivity contribution in [1.82, 2.24) is 15.1 Å². The zero-order valence-electron chi connectivity index (χ0n) is 18.8. The van der Waals surface area contributed by atoms with E-state index in [4.69, 9.17) is 4.74 Å². The first-order chi connectivity index (χ1) is 14.9. The van der Waals surface area contributed by atoms with Crippen molar-refractivity contribution in [3.05, 3.63) is 54.2 Å². The van der Waals surface area contributed by atoms with Crippen molar-refractivity contribution in [2.45, 2.75) is 32.9 Å². The zero-order chi connectivity index (χ0) is 22.3. The average molecular weight is 425 g/mol. The maximum absolute atomic E-state index is 9.60. The summed E-state index contributed by atoms with van der Waals surface area (Å²) in [6.45, 7) is 10.9. The van der Waals surface area contributed by atoms with Gasteiger partial charge in [-0.15, -0.1) is 0 Å². The minimum atomic E-state index is -0.318. The first-order valence-electron chi connectivity index (χ1n) is 10.6. The van der Waals surface area contributed by atoms with E-state index >= 15 is 0 Å². The summed E-state index contributed by atoms with van der Waals surface area (Å²) in [7, 11) is 1.69. The molecule has 0 aliphatic carbocycles. The summed E-state index contributed by atoms with van der Waals surface area (Å²) in [5.41, 5.74) is 3.36. The van der Waals surface area contributed by atoms with E-state index in [1.54, 1.807) is 7.11 Å². The molecule has 1 aromatic heterocycles. The highest BCUT2D eigenvalue weighted by Crippen LogP contribution is 2.23. The van der Waals surface area contributed by atoms with Crippen LogP contribution in [0.4, 0.5) is 5.69 Å². The predicted octanol–water partition coefficient (Wildman–Crippen LogP) is 3.46. The van der Waals surface area contributed by atoms with Crippen molar-refractivity contribution < 1.29 is 14.3 Å². The Morgan fingerprint density at radius 1 is 1.10 bits per heavy atom. The van der Waals surface area contributed by atoms with Gasteiger partial charge in [0.25, 0.3) is 6.47 Å².